The second-order valence-electron chi connectivity index (χ2n) is 5.07. The molecule has 0 unspecified atom stereocenters. The molecular formula is C12H18N2O. The summed E-state index contributed by atoms with van der Waals surface area (Å²) in [6.07, 6.45) is 10.5. The summed E-state index contributed by atoms with van der Waals surface area (Å²) in [6.45, 7) is 0. The lowest BCUT2D eigenvalue weighted by Gasteiger charge is -2.18. The molecule has 1 aromatic heterocycles. The van der Waals surface area contributed by atoms with Crippen LogP contribution in [0.15, 0.2) is 10.7 Å². The Morgan fingerprint density at radius 1 is 1.27 bits per heavy atom. The molecule has 3 nitrogen and oxygen atoms in total. The van der Waals surface area contributed by atoms with E-state index in [1.807, 2.05) is 6.26 Å². The Morgan fingerprint density at radius 3 is 2.67 bits per heavy atom. The minimum absolute atomic E-state index is 0.215. The van der Waals surface area contributed by atoms with Gasteiger partial charge in [0.1, 0.15) is 6.26 Å². The second kappa shape index (κ2) is 3.34. The first-order valence-electron chi connectivity index (χ1n) is 6.03. The van der Waals surface area contributed by atoms with E-state index in [-0.39, 0.29) is 5.54 Å². The summed E-state index contributed by atoms with van der Waals surface area (Å²) >= 11 is 0. The minimum atomic E-state index is -0.215. The maximum Gasteiger partial charge on any atom is 0.214 e. The first-order valence-corrected chi connectivity index (χ1v) is 6.03. The number of aromatic nitrogens is 1. The Bertz CT molecular complexity index is 348. The van der Waals surface area contributed by atoms with Gasteiger partial charge in [-0.15, -0.1) is 0 Å². The monoisotopic (exact) mass is 206 g/mol. The molecular weight excluding hydrogens is 188 g/mol. The van der Waals surface area contributed by atoms with Gasteiger partial charge in [0.25, 0.3) is 0 Å². The first kappa shape index (κ1) is 9.40. The van der Waals surface area contributed by atoms with Crippen LogP contribution in [0.25, 0.3) is 0 Å². The summed E-state index contributed by atoms with van der Waals surface area (Å²) in [5, 5.41) is 0. The van der Waals surface area contributed by atoms with Crippen molar-refractivity contribution in [3.8, 4) is 0 Å². The molecule has 0 radical (unpaired) electrons. The fraction of sp³-hybridized carbons (Fsp3) is 0.750. The smallest absolute Gasteiger partial charge is 0.214 e. The number of nitrogens with two attached hydrogens (primary N) is 1. The van der Waals surface area contributed by atoms with Crippen LogP contribution in [0.1, 0.15) is 62.4 Å². The van der Waals surface area contributed by atoms with Crippen LogP contribution in [0.5, 0.6) is 0 Å². The van der Waals surface area contributed by atoms with Gasteiger partial charge in [-0.3, -0.25) is 0 Å². The van der Waals surface area contributed by atoms with Crippen molar-refractivity contribution >= 4 is 0 Å². The maximum atomic E-state index is 6.05. The summed E-state index contributed by atoms with van der Waals surface area (Å²) in [7, 11) is 0. The number of hydrogen-bond acceptors (Lipinski definition) is 3. The van der Waals surface area contributed by atoms with Gasteiger partial charge in [-0.25, -0.2) is 4.98 Å². The van der Waals surface area contributed by atoms with E-state index < -0.39 is 0 Å². The lowest BCUT2D eigenvalue weighted by atomic mass is 9.87. The standard InChI is InChI=1S/C12H18N2O/c13-12(6-7-12)11-14-10(8-15-11)9-4-2-1-3-5-9/h8-9H,1-7,13H2. The van der Waals surface area contributed by atoms with Crippen LogP contribution < -0.4 is 5.73 Å². The molecule has 82 valence electrons. The quantitative estimate of drug-likeness (QED) is 0.809. The molecule has 1 heterocycles. The fourth-order valence-corrected chi connectivity index (χ4v) is 2.45. The molecule has 2 aliphatic carbocycles. The van der Waals surface area contributed by atoms with Crippen molar-refractivity contribution in [2.75, 3.05) is 0 Å². The van der Waals surface area contributed by atoms with Crippen LogP contribution in [0, 0.1) is 0 Å². The molecule has 3 rings (SSSR count). The van der Waals surface area contributed by atoms with Gasteiger partial charge in [-0.05, 0) is 25.7 Å². The average molecular weight is 206 g/mol. The number of nitrogens with zero attached hydrogens (tertiary/aromatic N) is 1. The highest BCUT2D eigenvalue weighted by Gasteiger charge is 2.45. The zero-order chi connectivity index (χ0) is 10.3. The van der Waals surface area contributed by atoms with E-state index in [4.69, 9.17) is 10.2 Å². The lowest BCUT2D eigenvalue weighted by molar-refractivity contribution is 0.432. The van der Waals surface area contributed by atoms with Gasteiger partial charge in [-0.1, -0.05) is 19.3 Å². The zero-order valence-corrected chi connectivity index (χ0v) is 9.04. The highest BCUT2D eigenvalue weighted by Crippen LogP contribution is 2.43. The molecule has 0 atom stereocenters. The van der Waals surface area contributed by atoms with Crippen molar-refractivity contribution < 1.29 is 4.42 Å². The third-order valence-corrected chi connectivity index (χ3v) is 3.76. The van der Waals surface area contributed by atoms with Crippen molar-refractivity contribution in [2.24, 2.45) is 5.73 Å². The molecule has 2 fully saturated rings. The third-order valence-electron chi connectivity index (χ3n) is 3.76. The molecule has 1 aromatic rings. The Morgan fingerprint density at radius 2 is 2.00 bits per heavy atom. The Labute approximate surface area is 90.1 Å². The van der Waals surface area contributed by atoms with Crippen LogP contribution in [-0.2, 0) is 5.54 Å². The van der Waals surface area contributed by atoms with E-state index in [1.165, 1.54) is 32.1 Å². The van der Waals surface area contributed by atoms with Crippen molar-refractivity contribution in [1.82, 2.24) is 4.98 Å². The van der Waals surface area contributed by atoms with E-state index in [0.717, 1.165) is 24.4 Å². The molecule has 0 saturated heterocycles. The van der Waals surface area contributed by atoms with Gasteiger partial charge in [0.15, 0.2) is 0 Å². The predicted molar refractivity (Wildman–Crippen MR) is 57.4 cm³/mol. The molecule has 3 heteroatoms. The average Bonchev–Trinajstić information content (AvgIpc) is 2.85. The van der Waals surface area contributed by atoms with Gasteiger partial charge < -0.3 is 10.2 Å². The number of oxazole rings is 1. The Balaban J connectivity index is 1.77. The predicted octanol–water partition coefficient (Wildman–Crippen LogP) is 2.67. The van der Waals surface area contributed by atoms with E-state index in [0.29, 0.717) is 5.92 Å². The van der Waals surface area contributed by atoms with Crippen molar-refractivity contribution in [3.05, 3.63) is 17.8 Å². The molecule has 2 aliphatic rings. The van der Waals surface area contributed by atoms with Gasteiger partial charge in [-0.2, -0.15) is 0 Å². The molecule has 0 aliphatic heterocycles. The topological polar surface area (TPSA) is 52.0 Å². The lowest BCUT2D eigenvalue weighted by Crippen LogP contribution is -2.19. The van der Waals surface area contributed by atoms with Crippen LogP contribution in [0.4, 0.5) is 0 Å². The van der Waals surface area contributed by atoms with Crippen molar-refractivity contribution in [1.29, 1.82) is 0 Å². The largest absolute Gasteiger partial charge is 0.447 e. The summed E-state index contributed by atoms with van der Waals surface area (Å²) in [5.74, 6) is 1.39. The zero-order valence-electron chi connectivity index (χ0n) is 9.04. The molecule has 15 heavy (non-hydrogen) atoms. The highest BCUT2D eigenvalue weighted by atomic mass is 16.3. The van der Waals surface area contributed by atoms with Crippen LogP contribution in [0.2, 0.25) is 0 Å². The number of rotatable bonds is 2. The normalized spacial score (nSPS) is 25.4. The second-order valence-corrected chi connectivity index (χ2v) is 5.07. The van der Waals surface area contributed by atoms with Gasteiger partial charge >= 0.3 is 0 Å². The van der Waals surface area contributed by atoms with Gasteiger partial charge in [0, 0.05) is 5.92 Å². The first-order chi connectivity index (χ1) is 7.28. The molecule has 0 aromatic carbocycles. The maximum absolute atomic E-state index is 6.05. The third kappa shape index (κ3) is 1.69. The SMILES string of the molecule is NC1(c2nc(C3CCCCC3)co2)CC1. The summed E-state index contributed by atoms with van der Waals surface area (Å²) in [5.41, 5.74) is 6.98. The minimum Gasteiger partial charge on any atom is -0.447 e. The Hall–Kier alpha value is -0.830. The Kier molecular flexibility index (Phi) is 2.09. The molecule has 0 spiro atoms. The van der Waals surface area contributed by atoms with E-state index >= 15 is 0 Å². The van der Waals surface area contributed by atoms with Gasteiger partial charge in [0.05, 0.1) is 11.2 Å². The van der Waals surface area contributed by atoms with Crippen LogP contribution in [0.3, 0.4) is 0 Å². The van der Waals surface area contributed by atoms with Crippen molar-refractivity contribution in [2.45, 2.75) is 56.4 Å². The van der Waals surface area contributed by atoms with Crippen molar-refractivity contribution in [3.63, 3.8) is 0 Å². The fourth-order valence-electron chi connectivity index (χ4n) is 2.45. The van der Waals surface area contributed by atoms with Gasteiger partial charge in [0.2, 0.25) is 5.89 Å². The van der Waals surface area contributed by atoms with E-state index in [2.05, 4.69) is 4.98 Å². The highest BCUT2D eigenvalue weighted by molar-refractivity contribution is 5.16. The molecule has 0 bridgehead atoms. The molecule has 2 saturated carbocycles. The summed E-state index contributed by atoms with van der Waals surface area (Å²) in [4.78, 5) is 4.58. The van der Waals surface area contributed by atoms with E-state index in [9.17, 15) is 0 Å². The summed E-state index contributed by atoms with van der Waals surface area (Å²) in [6, 6.07) is 0. The number of hydrogen-bond donors (Lipinski definition) is 1. The van der Waals surface area contributed by atoms with Crippen LogP contribution in [-0.4, -0.2) is 4.98 Å². The summed E-state index contributed by atoms with van der Waals surface area (Å²) < 4.78 is 5.51. The van der Waals surface area contributed by atoms with Crippen LogP contribution >= 0.6 is 0 Å². The van der Waals surface area contributed by atoms with E-state index in [1.54, 1.807) is 0 Å². The molecule has 0 amide bonds. The molecule has 2 N–H and O–H groups in total.